The molecule has 0 N–H and O–H groups in total. The van der Waals surface area contributed by atoms with Crippen LogP contribution in [0.5, 0.6) is 0 Å². The van der Waals surface area contributed by atoms with Gasteiger partial charge >= 0.3 is 11.9 Å². The van der Waals surface area contributed by atoms with Crippen LogP contribution in [-0.4, -0.2) is 31.9 Å². The van der Waals surface area contributed by atoms with Crippen LogP contribution in [0.1, 0.15) is 23.6 Å². The van der Waals surface area contributed by atoms with Crippen LogP contribution in [0.2, 0.25) is 0 Å². The van der Waals surface area contributed by atoms with Crippen molar-refractivity contribution in [3.63, 3.8) is 0 Å². The van der Waals surface area contributed by atoms with E-state index >= 15 is 0 Å². The van der Waals surface area contributed by atoms with Crippen LogP contribution in [0.25, 0.3) is 5.57 Å². The average Bonchev–Trinajstić information content (AvgIpc) is 2.67. The molecule has 0 heterocycles. The Morgan fingerprint density at radius 3 is 2.12 bits per heavy atom. The van der Waals surface area contributed by atoms with Crippen LogP contribution in [0.3, 0.4) is 0 Å². The highest BCUT2D eigenvalue weighted by atomic mass is 16.7. The van der Waals surface area contributed by atoms with Crippen molar-refractivity contribution in [3.05, 3.63) is 77.5 Å². The Morgan fingerprint density at radius 2 is 1.54 bits per heavy atom. The van der Waals surface area contributed by atoms with Crippen molar-refractivity contribution in [2.24, 2.45) is 5.16 Å². The third-order valence-electron chi connectivity index (χ3n) is 3.43. The van der Waals surface area contributed by atoms with Crippen molar-refractivity contribution < 1.29 is 23.9 Å². The highest BCUT2D eigenvalue weighted by molar-refractivity contribution is 6.22. The van der Waals surface area contributed by atoms with Crippen molar-refractivity contribution in [2.75, 3.05) is 14.2 Å². The second-order valence-electron chi connectivity index (χ2n) is 5.19. The van der Waals surface area contributed by atoms with E-state index in [1.165, 1.54) is 27.4 Å². The Balaban J connectivity index is 2.67. The number of oxime groups is 1. The van der Waals surface area contributed by atoms with E-state index in [1.54, 1.807) is 24.3 Å². The molecule has 6 nitrogen and oxygen atoms in total. The molecule has 134 valence electrons. The summed E-state index contributed by atoms with van der Waals surface area (Å²) in [5.41, 5.74) is 2.48. The molecule has 0 bridgehead atoms. The second kappa shape index (κ2) is 9.17. The monoisotopic (exact) mass is 353 g/mol. The lowest BCUT2D eigenvalue weighted by atomic mass is 9.93. The fourth-order valence-corrected chi connectivity index (χ4v) is 2.34. The highest BCUT2D eigenvalue weighted by Gasteiger charge is 2.20. The molecule has 26 heavy (non-hydrogen) atoms. The van der Waals surface area contributed by atoms with Crippen molar-refractivity contribution in [2.45, 2.75) is 6.92 Å². The smallest absolute Gasteiger partial charge is 0.341 e. The Kier molecular flexibility index (Phi) is 6.68. The minimum atomic E-state index is -0.556. The van der Waals surface area contributed by atoms with Gasteiger partial charge in [-0.25, -0.2) is 9.59 Å². The van der Waals surface area contributed by atoms with Gasteiger partial charge in [-0.3, -0.25) is 0 Å². The van der Waals surface area contributed by atoms with Gasteiger partial charge in [-0.05, 0) is 0 Å². The Bertz CT molecular complexity index is 840. The number of carbonyl (C=O) groups excluding carboxylic acids is 2. The predicted molar refractivity (Wildman–Crippen MR) is 97.3 cm³/mol. The van der Waals surface area contributed by atoms with Gasteiger partial charge in [0.05, 0.1) is 20.5 Å². The molecule has 0 atom stereocenters. The van der Waals surface area contributed by atoms with E-state index in [2.05, 4.69) is 5.16 Å². The average molecular weight is 353 g/mol. The molecule has 0 fully saturated rings. The third-order valence-corrected chi connectivity index (χ3v) is 3.43. The molecule has 2 aromatic rings. The quantitative estimate of drug-likeness (QED) is 0.199. The molecule has 0 spiro atoms. The van der Waals surface area contributed by atoms with Gasteiger partial charge < -0.3 is 14.3 Å². The maximum Gasteiger partial charge on any atom is 0.341 e. The number of hydrogen-bond donors (Lipinski definition) is 0. The van der Waals surface area contributed by atoms with E-state index in [0.29, 0.717) is 16.8 Å². The Hall–Kier alpha value is -3.41. The van der Waals surface area contributed by atoms with Gasteiger partial charge in [0.25, 0.3) is 0 Å². The van der Waals surface area contributed by atoms with Crippen molar-refractivity contribution >= 4 is 23.2 Å². The molecule has 2 rings (SSSR count). The first-order chi connectivity index (χ1) is 12.6. The van der Waals surface area contributed by atoms with Crippen LogP contribution in [0, 0.1) is 0 Å². The summed E-state index contributed by atoms with van der Waals surface area (Å²) in [6, 6.07) is 16.3. The van der Waals surface area contributed by atoms with Crippen LogP contribution >= 0.6 is 0 Å². The molecule has 0 amide bonds. The zero-order valence-electron chi connectivity index (χ0n) is 14.8. The lowest BCUT2D eigenvalue weighted by Crippen LogP contribution is -2.12. The SMILES string of the molecule is COC=C(C(=O)OC)c1ccccc1C(=NOC(C)=O)c1ccccc1. The summed E-state index contributed by atoms with van der Waals surface area (Å²) in [6.45, 7) is 1.27. The van der Waals surface area contributed by atoms with Gasteiger partial charge in [-0.1, -0.05) is 59.8 Å². The molecule has 0 unspecified atom stereocenters. The van der Waals surface area contributed by atoms with Crippen molar-refractivity contribution in [1.82, 2.24) is 0 Å². The zero-order chi connectivity index (χ0) is 18.9. The Morgan fingerprint density at radius 1 is 0.923 bits per heavy atom. The number of methoxy groups -OCH3 is 2. The lowest BCUT2D eigenvalue weighted by Gasteiger charge is -2.13. The van der Waals surface area contributed by atoms with Gasteiger partial charge in [0.2, 0.25) is 0 Å². The summed E-state index contributed by atoms with van der Waals surface area (Å²) in [4.78, 5) is 28.3. The van der Waals surface area contributed by atoms with Gasteiger partial charge in [-0.2, -0.15) is 0 Å². The van der Waals surface area contributed by atoms with E-state index in [4.69, 9.17) is 14.3 Å². The molecule has 0 aliphatic heterocycles. The maximum atomic E-state index is 12.2. The van der Waals surface area contributed by atoms with E-state index in [9.17, 15) is 9.59 Å². The number of rotatable bonds is 6. The number of benzene rings is 2. The number of hydrogen-bond acceptors (Lipinski definition) is 6. The fraction of sp³-hybridized carbons (Fsp3) is 0.150. The largest absolute Gasteiger partial charge is 0.503 e. The molecular formula is C20H19NO5. The topological polar surface area (TPSA) is 74.2 Å². The van der Waals surface area contributed by atoms with Crippen LogP contribution in [-0.2, 0) is 23.9 Å². The third kappa shape index (κ3) is 4.57. The number of carbonyl (C=O) groups is 2. The molecule has 2 aromatic carbocycles. The van der Waals surface area contributed by atoms with E-state index in [0.717, 1.165) is 5.56 Å². The molecule has 0 saturated heterocycles. The van der Waals surface area contributed by atoms with E-state index in [1.807, 2.05) is 30.3 Å². The summed E-state index contributed by atoms with van der Waals surface area (Å²) in [6.07, 6.45) is 1.30. The fourth-order valence-electron chi connectivity index (χ4n) is 2.34. The minimum Gasteiger partial charge on any atom is -0.503 e. The molecule has 0 saturated carbocycles. The Labute approximate surface area is 151 Å². The minimum absolute atomic E-state index is 0.219. The molecule has 0 radical (unpaired) electrons. The van der Waals surface area contributed by atoms with Crippen LogP contribution in [0.4, 0.5) is 0 Å². The van der Waals surface area contributed by atoms with E-state index < -0.39 is 11.9 Å². The zero-order valence-corrected chi connectivity index (χ0v) is 14.8. The van der Waals surface area contributed by atoms with Crippen LogP contribution in [0.15, 0.2) is 66.0 Å². The summed E-state index contributed by atoms with van der Waals surface area (Å²) in [5.74, 6) is -1.10. The van der Waals surface area contributed by atoms with Gasteiger partial charge in [-0.15, -0.1) is 0 Å². The normalized spacial score (nSPS) is 11.7. The van der Waals surface area contributed by atoms with E-state index in [-0.39, 0.29) is 5.57 Å². The second-order valence-corrected chi connectivity index (χ2v) is 5.19. The number of ether oxygens (including phenoxy) is 2. The highest BCUT2D eigenvalue weighted by Crippen LogP contribution is 2.24. The molecule has 0 aliphatic rings. The molecule has 6 heteroatoms. The lowest BCUT2D eigenvalue weighted by molar-refractivity contribution is -0.141. The van der Waals surface area contributed by atoms with Crippen molar-refractivity contribution in [1.29, 1.82) is 0 Å². The van der Waals surface area contributed by atoms with Gasteiger partial charge in [0, 0.05) is 23.6 Å². The number of nitrogens with zero attached hydrogens (tertiary/aromatic N) is 1. The summed E-state index contributed by atoms with van der Waals surface area (Å²) >= 11 is 0. The summed E-state index contributed by atoms with van der Waals surface area (Å²) < 4.78 is 9.88. The standard InChI is InChI=1S/C20H19NO5/c1-14(22)26-21-19(15-9-5-4-6-10-15)17-12-8-7-11-16(17)18(13-24-2)20(23)25-3/h4-13H,1-3H3. The van der Waals surface area contributed by atoms with Crippen molar-refractivity contribution in [3.8, 4) is 0 Å². The van der Waals surface area contributed by atoms with Gasteiger partial charge in [0.15, 0.2) is 0 Å². The van der Waals surface area contributed by atoms with Gasteiger partial charge in [0.1, 0.15) is 11.3 Å². The number of esters is 1. The maximum absolute atomic E-state index is 12.2. The first kappa shape index (κ1) is 18.9. The summed E-state index contributed by atoms with van der Waals surface area (Å²) in [7, 11) is 2.73. The molecular weight excluding hydrogens is 334 g/mol. The molecule has 0 aliphatic carbocycles. The first-order valence-corrected chi connectivity index (χ1v) is 7.80. The first-order valence-electron chi connectivity index (χ1n) is 7.80. The summed E-state index contributed by atoms with van der Waals surface area (Å²) in [5, 5.41) is 4.00. The molecule has 0 aromatic heterocycles. The van der Waals surface area contributed by atoms with Crippen LogP contribution < -0.4 is 0 Å². The predicted octanol–water partition coefficient (Wildman–Crippen LogP) is 3.16.